The van der Waals surface area contributed by atoms with E-state index in [1.165, 1.54) is 41.2 Å². The maximum atomic E-state index is 12.5. The fourth-order valence-electron chi connectivity index (χ4n) is 6.28. The van der Waals surface area contributed by atoms with Gasteiger partial charge in [0, 0.05) is 40.3 Å². The summed E-state index contributed by atoms with van der Waals surface area (Å²) in [5, 5.41) is 14.0. The van der Waals surface area contributed by atoms with E-state index in [0.717, 1.165) is 61.1 Å². The Morgan fingerprint density at radius 2 is 1.63 bits per heavy atom. The van der Waals surface area contributed by atoms with Crippen LogP contribution in [0.3, 0.4) is 0 Å². The number of hydrogen-bond donors (Lipinski definition) is 1. The second-order valence-corrected chi connectivity index (χ2v) is 13.8. The van der Waals surface area contributed by atoms with E-state index in [4.69, 9.17) is 11.6 Å². The van der Waals surface area contributed by atoms with E-state index in [1.54, 1.807) is 0 Å². The molecule has 0 saturated carbocycles. The molecule has 0 radical (unpaired) electrons. The third-order valence-electron chi connectivity index (χ3n) is 7.98. The van der Waals surface area contributed by atoms with Crippen LogP contribution in [0.1, 0.15) is 39.2 Å². The van der Waals surface area contributed by atoms with Gasteiger partial charge in [0.15, 0.2) is 0 Å². The van der Waals surface area contributed by atoms with Crippen molar-refractivity contribution in [2.24, 2.45) is 5.41 Å². The molecule has 1 N–H and O–H groups in total. The smallest absolute Gasteiger partial charge is 0.406 e. The number of halogens is 4. The molecule has 3 aromatic carbocycles. The Kier molecular flexibility index (Phi) is 7.81. The van der Waals surface area contributed by atoms with Crippen LogP contribution in [0.4, 0.5) is 35.4 Å². The van der Waals surface area contributed by atoms with Gasteiger partial charge in [-0.25, -0.2) is 0 Å². The zero-order valence-electron chi connectivity index (χ0n) is 24.2. The maximum absolute atomic E-state index is 12.5. The summed E-state index contributed by atoms with van der Waals surface area (Å²) in [7, 11) is 0. The third-order valence-corrected chi connectivity index (χ3v) is 9.18. The van der Waals surface area contributed by atoms with Gasteiger partial charge in [0.25, 0.3) is 0 Å². The summed E-state index contributed by atoms with van der Waals surface area (Å²) in [6.45, 7) is 10.8. The van der Waals surface area contributed by atoms with E-state index in [-0.39, 0.29) is 16.6 Å². The number of alkyl halides is 3. The molecule has 43 heavy (non-hydrogen) atoms. The molecule has 1 aromatic heterocycles. The average Bonchev–Trinajstić information content (AvgIpc) is 3.53. The van der Waals surface area contributed by atoms with Crippen molar-refractivity contribution in [1.29, 1.82) is 0 Å². The lowest BCUT2D eigenvalue weighted by molar-refractivity contribution is -0.274. The minimum absolute atomic E-state index is 0.0347. The number of nitrogens with one attached hydrogen (secondary N) is 1. The standard InChI is InChI=1S/C32H33ClF3N5OS/c1-30(2,3)19-40-17-15-31(16-18-40)20-41(26-10-6-7-23(33)27(26)31)25-9-5-4-8-24(25)37-29-39-38-28(43-29)21-11-13-22(14-12-21)42-32(34,35)36/h4-14H,15-20H2,1-3H3,(H,37,39). The molecule has 0 atom stereocenters. The first-order chi connectivity index (χ1) is 20.4. The van der Waals surface area contributed by atoms with E-state index >= 15 is 0 Å². The minimum Gasteiger partial charge on any atom is -0.406 e. The molecule has 226 valence electrons. The molecule has 0 bridgehead atoms. The lowest BCUT2D eigenvalue weighted by Gasteiger charge is -2.42. The van der Waals surface area contributed by atoms with E-state index in [2.05, 4.69) is 63.0 Å². The number of aromatic nitrogens is 2. The molecule has 6 nitrogen and oxygen atoms in total. The predicted octanol–water partition coefficient (Wildman–Crippen LogP) is 9.03. The molecule has 1 spiro atoms. The predicted molar refractivity (Wildman–Crippen MR) is 167 cm³/mol. The minimum atomic E-state index is -4.74. The maximum Gasteiger partial charge on any atom is 0.573 e. The Balaban J connectivity index is 1.24. The van der Waals surface area contributed by atoms with Crippen LogP contribution < -0.4 is 15.0 Å². The third kappa shape index (κ3) is 6.46. The Labute approximate surface area is 258 Å². The highest BCUT2D eigenvalue weighted by atomic mass is 35.5. The van der Waals surface area contributed by atoms with Crippen LogP contribution >= 0.6 is 22.9 Å². The number of hydrogen-bond acceptors (Lipinski definition) is 7. The second-order valence-electron chi connectivity index (χ2n) is 12.5. The molecule has 1 saturated heterocycles. The fourth-order valence-corrected chi connectivity index (χ4v) is 7.41. The number of piperidine rings is 1. The van der Waals surface area contributed by atoms with Crippen molar-refractivity contribution in [2.45, 2.75) is 45.4 Å². The molecule has 0 unspecified atom stereocenters. The fraction of sp³-hybridized carbons (Fsp3) is 0.375. The van der Waals surface area contributed by atoms with Crippen molar-refractivity contribution in [3.63, 3.8) is 0 Å². The number of fused-ring (bicyclic) bond motifs is 2. The summed E-state index contributed by atoms with van der Waals surface area (Å²) < 4.78 is 41.6. The first-order valence-electron chi connectivity index (χ1n) is 14.2. The molecule has 0 aliphatic carbocycles. The average molecular weight is 628 g/mol. The van der Waals surface area contributed by atoms with Gasteiger partial charge in [-0.15, -0.1) is 23.4 Å². The first kappa shape index (κ1) is 29.7. The Morgan fingerprint density at radius 1 is 0.930 bits per heavy atom. The number of anilines is 4. The normalized spacial score (nSPS) is 16.9. The van der Waals surface area contributed by atoms with Crippen LogP contribution in [-0.2, 0) is 5.41 Å². The van der Waals surface area contributed by atoms with Gasteiger partial charge < -0.3 is 19.9 Å². The Morgan fingerprint density at radius 3 is 2.33 bits per heavy atom. The molecule has 11 heteroatoms. The molecular weight excluding hydrogens is 595 g/mol. The van der Waals surface area contributed by atoms with Crippen molar-refractivity contribution in [1.82, 2.24) is 15.1 Å². The van der Waals surface area contributed by atoms with Gasteiger partial charge in [-0.2, -0.15) is 0 Å². The molecule has 3 heterocycles. The number of benzene rings is 3. The second kappa shape index (κ2) is 11.3. The lowest BCUT2D eigenvalue weighted by Crippen LogP contribution is -2.46. The molecule has 2 aliphatic heterocycles. The lowest BCUT2D eigenvalue weighted by atomic mass is 9.74. The molecule has 0 amide bonds. The van der Waals surface area contributed by atoms with Gasteiger partial charge in [0.05, 0.1) is 11.4 Å². The Hall–Kier alpha value is -3.34. The van der Waals surface area contributed by atoms with E-state index in [0.29, 0.717) is 15.7 Å². The van der Waals surface area contributed by atoms with Crippen LogP contribution in [-0.4, -0.2) is 47.6 Å². The largest absolute Gasteiger partial charge is 0.573 e. The van der Waals surface area contributed by atoms with Gasteiger partial charge in [0.2, 0.25) is 5.13 Å². The van der Waals surface area contributed by atoms with Gasteiger partial charge in [-0.05, 0) is 79.9 Å². The Bertz CT molecular complexity index is 1590. The van der Waals surface area contributed by atoms with E-state index < -0.39 is 6.36 Å². The zero-order chi connectivity index (χ0) is 30.4. The van der Waals surface area contributed by atoms with Gasteiger partial charge >= 0.3 is 6.36 Å². The van der Waals surface area contributed by atoms with E-state index in [1.807, 2.05) is 30.3 Å². The summed E-state index contributed by atoms with van der Waals surface area (Å²) in [6.07, 6.45) is -2.66. The SMILES string of the molecule is CC(C)(C)CN1CCC2(CC1)CN(c1ccccc1Nc1nnc(-c3ccc(OC(F)(F)F)cc3)s1)c1cccc(Cl)c12. The number of para-hydroxylation sites is 2. The summed E-state index contributed by atoms with van der Waals surface area (Å²) in [6, 6.07) is 19.9. The van der Waals surface area contributed by atoms with Crippen LogP contribution in [0.2, 0.25) is 5.02 Å². The van der Waals surface area contributed by atoms with Crippen molar-refractivity contribution < 1.29 is 17.9 Å². The summed E-state index contributed by atoms with van der Waals surface area (Å²) in [4.78, 5) is 4.94. The van der Waals surface area contributed by atoms with E-state index in [9.17, 15) is 13.2 Å². The van der Waals surface area contributed by atoms with Crippen LogP contribution in [0.5, 0.6) is 5.75 Å². The van der Waals surface area contributed by atoms with Crippen molar-refractivity contribution in [3.8, 4) is 16.3 Å². The van der Waals surface area contributed by atoms with Crippen molar-refractivity contribution in [2.75, 3.05) is 36.4 Å². The molecule has 6 rings (SSSR count). The topological polar surface area (TPSA) is 53.5 Å². The monoisotopic (exact) mass is 627 g/mol. The number of ether oxygens (including phenoxy) is 1. The van der Waals surface area contributed by atoms with Crippen LogP contribution in [0, 0.1) is 5.41 Å². The van der Waals surface area contributed by atoms with Gasteiger partial charge in [-0.3, -0.25) is 0 Å². The highest BCUT2D eigenvalue weighted by Crippen LogP contribution is 2.53. The van der Waals surface area contributed by atoms with Gasteiger partial charge in [-0.1, -0.05) is 61.9 Å². The molecule has 2 aliphatic rings. The number of rotatable bonds is 6. The highest BCUT2D eigenvalue weighted by molar-refractivity contribution is 7.18. The van der Waals surface area contributed by atoms with Crippen LogP contribution in [0.25, 0.3) is 10.6 Å². The molecule has 1 fully saturated rings. The summed E-state index contributed by atoms with van der Waals surface area (Å²) in [5.41, 5.74) is 5.13. The number of likely N-dealkylation sites (tertiary alicyclic amines) is 1. The van der Waals surface area contributed by atoms with Crippen molar-refractivity contribution >= 4 is 45.1 Å². The summed E-state index contributed by atoms with van der Waals surface area (Å²) in [5.74, 6) is -0.281. The van der Waals surface area contributed by atoms with Crippen molar-refractivity contribution in [3.05, 3.63) is 77.3 Å². The first-order valence-corrected chi connectivity index (χ1v) is 15.4. The van der Waals surface area contributed by atoms with Crippen LogP contribution in [0.15, 0.2) is 66.7 Å². The number of nitrogens with zero attached hydrogens (tertiary/aromatic N) is 4. The molecule has 4 aromatic rings. The zero-order valence-corrected chi connectivity index (χ0v) is 25.8. The summed E-state index contributed by atoms with van der Waals surface area (Å²) >= 11 is 8.25. The quantitative estimate of drug-likeness (QED) is 0.230. The molecular formula is C32H33ClF3N5OS. The highest BCUT2D eigenvalue weighted by Gasteiger charge is 2.47. The van der Waals surface area contributed by atoms with Gasteiger partial charge in [0.1, 0.15) is 10.8 Å².